The normalized spacial score (nSPS) is 14.9. The number of rotatable bonds is 6. The van der Waals surface area contributed by atoms with Crippen LogP contribution in [0.2, 0.25) is 0 Å². The van der Waals surface area contributed by atoms with E-state index >= 15 is 0 Å². The standard InChI is InChI=1S/C26H34N6O2/c1-17(33)27-12-13-28-23-20-16-21(25(34)32-14-10-19(11-15-32)26(2,3)4)29-24(20)31-22(30-23)18-8-6-5-7-9-18/h5-9,16,19H,10-15H2,1-4H3,(H,27,33)(H2,28,29,30,31). The van der Waals surface area contributed by atoms with Gasteiger partial charge in [-0.25, -0.2) is 9.97 Å². The molecule has 4 rings (SSSR count). The van der Waals surface area contributed by atoms with E-state index in [9.17, 15) is 9.59 Å². The van der Waals surface area contributed by atoms with Crippen LogP contribution in [0.25, 0.3) is 22.4 Å². The molecule has 0 bridgehead atoms. The molecule has 2 aromatic heterocycles. The highest BCUT2D eigenvalue weighted by Crippen LogP contribution is 2.35. The van der Waals surface area contributed by atoms with Crippen molar-refractivity contribution in [3.63, 3.8) is 0 Å². The predicted molar refractivity (Wildman–Crippen MR) is 135 cm³/mol. The Morgan fingerprint density at radius 3 is 2.44 bits per heavy atom. The fourth-order valence-corrected chi connectivity index (χ4v) is 4.51. The topological polar surface area (TPSA) is 103 Å². The first-order valence-corrected chi connectivity index (χ1v) is 12.0. The molecule has 34 heavy (non-hydrogen) atoms. The molecule has 0 aliphatic carbocycles. The summed E-state index contributed by atoms with van der Waals surface area (Å²) in [6.45, 7) is 10.8. The van der Waals surface area contributed by atoms with Crippen LogP contribution in [-0.2, 0) is 4.79 Å². The van der Waals surface area contributed by atoms with E-state index in [0.717, 1.165) is 36.9 Å². The minimum atomic E-state index is -0.0793. The molecule has 8 nitrogen and oxygen atoms in total. The van der Waals surface area contributed by atoms with Crippen molar-refractivity contribution < 1.29 is 9.59 Å². The zero-order valence-corrected chi connectivity index (χ0v) is 20.4. The lowest BCUT2D eigenvalue weighted by Gasteiger charge is -2.38. The number of benzene rings is 1. The molecule has 1 aromatic carbocycles. The van der Waals surface area contributed by atoms with Crippen molar-refractivity contribution in [2.45, 2.75) is 40.5 Å². The van der Waals surface area contributed by atoms with E-state index in [1.807, 2.05) is 41.3 Å². The minimum absolute atomic E-state index is 0.00387. The highest BCUT2D eigenvalue weighted by atomic mass is 16.2. The summed E-state index contributed by atoms with van der Waals surface area (Å²) >= 11 is 0. The first-order valence-electron chi connectivity index (χ1n) is 12.0. The van der Waals surface area contributed by atoms with Gasteiger partial charge >= 0.3 is 0 Å². The summed E-state index contributed by atoms with van der Waals surface area (Å²) in [5, 5.41) is 6.83. The van der Waals surface area contributed by atoms with Gasteiger partial charge in [0.2, 0.25) is 5.91 Å². The summed E-state index contributed by atoms with van der Waals surface area (Å²) in [5.74, 6) is 1.75. The second-order valence-corrected chi connectivity index (χ2v) is 10.0. The largest absolute Gasteiger partial charge is 0.368 e. The Morgan fingerprint density at radius 2 is 1.79 bits per heavy atom. The van der Waals surface area contributed by atoms with Crippen molar-refractivity contribution in [3.8, 4) is 11.4 Å². The molecular weight excluding hydrogens is 428 g/mol. The number of nitrogens with zero attached hydrogens (tertiary/aromatic N) is 3. The van der Waals surface area contributed by atoms with Gasteiger partial charge in [-0.3, -0.25) is 9.59 Å². The van der Waals surface area contributed by atoms with E-state index < -0.39 is 0 Å². The number of nitrogens with one attached hydrogen (secondary N) is 3. The fraction of sp³-hybridized carbons (Fsp3) is 0.462. The number of amides is 2. The van der Waals surface area contributed by atoms with Crippen LogP contribution in [0, 0.1) is 11.3 Å². The van der Waals surface area contributed by atoms with Gasteiger partial charge in [0.15, 0.2) is 5.82 Å². The van der Waals surface area contributed by atoms with Crippen LogP contribution < -0.4 is 10.6 Å². The Hall–Kier alpha value is -3.42. The van der Waals surface area contributed by atoms with E-state index in [2.05, 4.69) is 36.4 Å². The minimum Gasteiger partial charge on any atom is -0.368 e. The zero-order valence-electron chi connectivity index (χ0n) is 20.4. The van der Waals surface area contributed by atoms with Crippen LogP contribution in [-0.4, -0.2) is 57.8 Å². The molecule has 1 aliphatic heterocycles. The molecule has 3 N–H and O–H groups in total. The molecule has 1 aliphatic rings. The van der Waals surface area contributed by atoms with Crippen molar-refractivity contribution in [2.24, 2.45) is 11.3 Å². The maximum Gasteiger partial charge on any atom is 0.270 e. The number of fused-ring (bicyclic) bond motifs is 1. The quantitative estimate of drug-likeness (QED) is 0.479. The Kier molecular flexibility index (Phi) is 6.86. The lowest BCUT2D eigenvalue weighted by atomic mass is 9.75. The van der Waals surface area contributed by atoms with E-state index in [1.165, 1.54) is 6.92 Å². The molecule has 0 spiro atoms. The molecule has 1 saturated heterocycles. The molecule has 0 radical (unpaired) electrons. The van der Waals surface area contributed by atoms with Gasteiger partial charge in [0, 0.05) is 38.7 Å². The maximum atomic E-state index is 13.3. The van der Waals surface area contributed by atoms with E-state index in [1.54, 1.807) is 0 Å². The zero-order chi connectivity index (χ0) is 24.3. The highest BCUT2D eigenvalue weighted by Gasteiger charge is 2.31. The number of aromatic amines is 1. The third-order valence-electron chi connectivity index (χ3n) is 6.55. The second-order valence-electron chi connectivity index (χ2n) is 10.0. The number of hydrogen-bond acceptors (Lipinski definition) is 5. The monoisotopic (exact) mass is 462 g/mol. The Balaban J connectivity index is 1.60. The highest BCUT2D eigenvalue weighted by molar-refractivity contribution is 6.00. The molecule has 180 valence electrons. The molecule has 0 saturated carbocycles. The number of hydrogen-bond donors (Lipinski definition) is 3. The molecular formula is C26H34N6O2. The van der Waals surface area contributed by atoms with Gasteiger partial charge in [0.1, 0.15) is 17.2 Å². The third kappa shape index (κ3) is 5.38. The number of aromatic nitrogens is 3. The van der Waals surface area contributed by atoms with Crippen molar-refractivity contribution in [2.75, 3.05) is 31.5 Å². The second kappa shape index (κ2) is 9.83. The lowest BCUT2D eigenvalue weighted by Crippen LogP contribution is -2.41. The van der Waals surface area contributed by atoms with Gasteiger partial charge in [-0.15, -0.1) is 0 Å². The molecule has 2 amide bonds. The van der Waals surface area contributed by atoms with E-state index in [-0.39, 0.29) is 17.2 Å². The summed E-state index contributed by atoms with van der Waals surface area (Å²) < 4.78 is 0. The van der Waals surface area contributed by atoms with Crippen LogP contribution in [0.1, 0.15) is 51.0 Å². The molecule has 0 unspecified atom stereocenters. The number of piperidine rings is 1. The summed E-state index contributed by atoms with van der Waals surface area (Å²) in [4.78, 5) is 39.1. The summed E-state index contributed by atoms with van der Waals surface area (Å²) in [6.07, 6.45) is 2.03. The van der Waals surface area contributed by atoms with Crippen molar-refractivity contribution in [1.82, 2.24) is 25.2 Å². The summed E-state index contributed by atoms with van der Waals surface area (Å²) in [5.41, 5.74) is 2.29. The summed E-state index contributed by atoms with van der Waals surface area (Å²) in [6, 6.07) is 11.6. The summed E-state index contributed by atoms with van der Waals surface area (Å²) in [7, 11) is 0. The smallest absolute Gasteiger partial charge is 0.270 e. The van der Waals surface area contributed by atoms with Gasteiger partial charge in [0.05, 0.1) is 5.39 Å². The van der Waals surface area contributed by atoms with E-state index in [4.69, 9.17) is 9.97 Å². The first kappa shape index (κ1) is 23.7. The SMILES string of the molecule is CC(=O)NCCNc1nc(-c2ccccc2)nc2[nH]c(C(=O)N3CCC(C(C)(C)C)CC3)cc12. The number of anilines is 1. The predicted octanol–water partition coefficient (Wildman–Crippen LogP) is 4.07. The van der Waals surface area contributed by atoms with Crippen molar-refractivity contribution in [3.05, 3.63) is 42.1 Å². The maximum absolute atomic E-state index is 13.3. The Morgan fingerprint density at radius 1 is 1.09 bits per heavy atom. The first-order chi connectivity index (χ1) is 16.2. The number of carbonyl (C=O) groups is 2. The van der Waals surface area contributed by atoms with Crippen LogP contribution in [0.5, 0.6) is 0 Å². The number of H-pyrrole nitrogens is 1. The third-order valence-corrected chi connectivity index (χ3v) is 6.55. The van der Waals surface area contributed by atoms with Gasteiger partial charge in [-0.2, -0.15) is 0 Å². The van der Waals surface area contributed by atoms with Crippen LogP contribution in [0.3, 0.4) is 0 Å². The molecule has 0 atom stereocenters. The van der Waals surface area contributed by atoms with Crippen LogP contribution in [0.15, 0.2) is 36.4 Å². The van der Waals surface area contributed by atoms with Gasteiger partial charge in [0.25, 0.3) is 5.91 Å². The van der Waals surface area contributed by atoms with Crippen LogP contribution >= 0.6 is 0 Å². The van der Waals surface area contributed by atoms with Gasteiger partial charge in [-0.05, 0) is 30.2 Å². The molecule has 1 fully saturated rings. The molecule has 3 aromatic rings. The number of carbonyl (C=O) groups excluding carboxylic acids is 2. The molecule has 3 heterocycles. The Bertz CT molecular complexity index is 1160. The van der Waals surface area contributed by atoms with Crippen molar-refractivity contribution in [1.29, 1.82) is 0 Å². The van der Waals surface area contributed by atoms with Gasteiger partial charge in [-0.1, -0.05) is 51.1 Å². The van der Waals surface area contributed by atoms with Crippen molar-refractivity contribution >= 4 is 28.7 Å². The van der Waals surface area contributed by atoms with Gasteiger partial charge < -0.3 is 20.5 Å². The molecule has 8 heteroatoms. The fourth-order valence-electron chi connectivity index (χ4n) is 4.51. The average Bonchev–Trinajstić information content (AvgIpc) is 3.25. The Labute approximate surface area is 200 Å². The van der Waals surface area contributed by atoms with E-state index in [0.29, 0.717) is 42.0 Å². The average molecular weight is 463 g/mol. The number of likely N-dealkylation sites (tertiary alicyclic amines) is 1. The van der Waals surface area contributed by atoms with Crippen LogP contribution in [0.4, 0.5) is 5.82 Å². The lowest BCUT2D eigenvalue weighted by molar-refractivity contribution is -0.118.